The van der Waals surface area contributed by atoms with Gasteiger partial charge in [-0.1, -0.05) is 6.92 Å². The van der Waals surface area contributed by atoms with Gasteiger partial charge in [0.1, 0.15) is 30.7 Å². The molecule has 6 atom stereocenters. The first-order chi connectivity index (χ1) is 13.8. The quantitative estimate of drug-likeness (QED) is 0.517. The Morgan fingerprint density at radius 3 is 3.07 bits per heavy atom. The molecule has 2 aromatic rings. The highest BCUT2D eigenvalue weighted by Gasteiger charge is 2.52. The fraction of sp³-hybridized carbons (Fsp3) is 0.625. The van der Waals surface area contributed by atoms with E-state index in [1.165, 1.54) is 13.3 Å². The molecule has 29 heavy (non-hydrogen) atoms. The zero-order valence-electron chi connectivity index (χ0n) is 16.2. The molecule has 0 spiro atoms. The van der Waals surface area contributed by atoms with Crippen LogP contribution in [0.2, 0.25) is 0 Å². The second-order valence-corrected chi connectivity index (χ2v) is 8.71. The van der Waals surface area contributed by atoms with Crippen LogP contribution in [0.3, 0.4) is 0 Å². The molecule has 2 aliphatic heterocycles. The molecule has 12 nitrogen and oxygen atoms in total. The molecular weight excluding hydrogens is 403 g/mol. The number of fused-ring (bicyclic) bond motifs is 2. The Hall–Kier alpha value is -2.11. The molecule has 6 unspecified atom stereocenters. The maximum absolute atomic E-state index is 13.0. The molecule has 2 aliphatic rings. The molecule has 0 aromatic carbocycles. The first-order valence-corrected chi connectivity index (χ1v) is 10.8. The number of anilines is 1. The van der Waals surface area contributed by atoms with Crippen molar-refractivity contribution >= 4 is 25.2 Å². The lowest BCUT2D eigenvalue weighted by Gasteiger charge is -2.33. The van der Waals surface area contributed by atoms with Gasteiger partial charge in [0.2, 0.25) is 0 Å². The summed E-state index contributed by atoms with van der Waals surface area (Å²) in [5.41, 5.74) is 6.96. The number of hydrogen-bond donors (Lipinski definition) is 2. The first-order valence-electron chi connectivity index (χ1n) is 9.30. The summed E-state index contributed by atoms with van der Waals surface area (Å²) in [6.07, 6.45) is 1.61. The van der Waals surface area contributed by atoms with E-state index in [-0.39, 0.29) is 24.9 Å². The van der Waals surface area contributed by atoms with Crippen LogP contribution >= 0.6 is 7.75 Å². The van der Waals surface area contributed by atoms with Crippen molar-refractivity contribution < 1.29 is 27.9 Å². The monoisotopic (exact) mass is 426 g/mol. The summed E-state index contributed by atoms with van der Waals surface area (Å²) in [6, 6.07) is -0.843. The Morgan fingerprint density at radius 1 is 1.52 bits per heavy atom. The highest BCUT2D eigenvalue weighted by molar-refractivity contribution is 7.51. The molecule has 3 N–H and O–H groups in total. The topological polar surface area (TPSA) is 152 Å². The van der Waals surface area contributed by atoms with Crippen molar-refractivity contribution in [2.45, 2.75) is 45.1 Å². The third kappa shape index (κ3) is 3.62. The summed E-state index contributed by atoms with van der Waals surface area (Å²) < 4.78 is 36.8. The number of nitrogens with two attached hydrogens (primary N) is 1. The van der Waals surface area contributed by atoms with Gasteiger partial charge in [0.05, 0.1) is 25.1 Å². The maximum atomic E-state index is 13.0. The summed E-state index contributed by atoms with van der Waals surface area (Å²) in [4.78, 5) is 20.0. The molecule has 2 aromatic heterocycles. The van der Waals surface area contributed by atoms with E-state index < -0.39 is 38.1 Å². The Kier molecular flexibility index (Phi) is 5.30. The van der Waals surface area contributed by atoms with Crippen molar-refractivity contribution in [3.63, 3.8) is 0 Å². The number of nitrogens with one attached hydrogen (secondary N) is 1. The fourth-order valence-electron chi connectivity index (χ4n) is 3.57. The van der Waals surface area contributed by atoms with Gasteiger partial charge in [-0.05, 0) is 13.8 Å². The minimum absolute atomic E-state index is 0.0548. The molecule has 0 aliphatic carbocycles. The molecule has 0 saturated carbocycles. The lowest BCUT2D eigenvalue weighted by molar-refractivity contribution is -0.144. The van der Waals surface area contributed by atoms with Crippen LogP contribution in [0, 0.1) is 5.92 Å². The third-order valence-corrected chi connectivity index (χ3v) is 6.71. The van der Waals surface area contributed by atoms with E-state index in [0.29, 0.717) is 11.3 Å². The molecule has 13 heteroatoms. The largest absolute Gasteiger partial charge is 0.465 e. The summed E-state index contributed by atoms with van der Waals surface area (Å²) in [6.45, 7) is 5.43. The molecule has 2 saturated heterocycles. The lowest BCUT2D eigenvalue weighted by Crippen LogP contribution is -2.42. The van der Waals surface area contributed by atoms with Gasteiger partial charge in [-0.15, -0.1) is 0 Å². The number of hydrogen-bond acceptors (Lipinski definition) is 10. The van der Waals surface area contributed by atoms with E-state index in [1.54, 1.807) is 17.6 Å². The first kappa shape index (κ1) is 20.2. The van der Waals surface area contributed by atoms with E-state index in [9.17, 15) is 9.36 Å². The Labute approximate surface area is 166 Å². The smallest absolute Gasteiger partial charge is 0.406 e. The second kappa shape index (κ2) is 7.62. The standard InChI is InChI=1S/C16H23N6O6P/c1-4-25-16(23)9(3)21-29(24)26-6-11-13(28-29)8(2)12(27-11)10-5-18-15-14(17)19-7-20-22(10)15/h5,7-9,11-13H,4,6H2,1-3H3,(H,21,24)(H2,17,19,20). The van der Waals surface area contributed by atoms with Crippen molar-refractivity contribution in [3.05, 3.63) is 18.2 Å². The Balaban J connectivity index is 1.52. The number of esters is 1. The number of aromatic nitrogens is 4. The van der Waals surface area contributed by atoms with Crippen molar-refractivity contribution in [1.29, 1.82) is 0 Å². The van der Waals surface area contributed by atoms with Gasteiger partial charge in [0, 0.05) is 5.92 Å². The molecule has 158 valence electrons. The number of imidazole rings is 1. The van der Waals surface area contributed by atoms with Crippen molar-refractivity contribution in [3.8, 4) is 0 Å². The SMILES string of the molecule is CCOC(=O)C(C)NP1(=O)OCC2OC(c3cnc4c(N)ncnn34)C(C)C2O1. The van der Waals surface area contributed by atoms with Crippen LogP contribution in [0.1, 0.15) is 32.6 Å². The van der Waals surface area contributed by atoms with Crippen molar-refractivity contribution in [1.82, 2.24) is 24.7 Å². The maximum Gasteiger partial charge on any atom is 0.406 e. The third-order valence-electron chi connectivity index (χ3n) is 4.99. The number of nitrogen functional groups attached to an aromatic ring is 1. The lowest BCUT2D eigenvalue weighted by atomic mass is 9.97. The molecule has 0 radical (unpaired) electrons. The van der Waals surface area contributed by atoms with E-state index in [4.69, 9.17) is 24.3 Å². The molecule has 0 amide bonds. The zero-order chi connectivity index (χ0) is 20.8. The van der Waals surface area contributed by atoms with Crippen LogP contribution < -0.4 is 10.8 Å². The number of nitrogens with zero attached hydrogens (tertiary/aromatic N) is 4. The van der Waals surface area contributed by atoms with Crippen LogP contribution in [0.5, 0.6) is 0 Å². The van der Waals surface area contributed by atoms with Gasteiger partial charge in [0.25, 0.3) is 0 Å². The van der Waals surface area contributed by atoms with Crippen LogP contribution in [-0.2, 0) is 27.9 Å². The Bertz CT molecular complexity index is 969. The number of rotatable bonds is 5. The van der Waals surface area contributed by atoms with Crippen LogP contribution in [0.15, 0.2) is 12.5 Å². The molecule has 0 bridgehead atoms. The minimum Gasteiger partial charge on any atom is -0.465 e. The molecular formula is C16H23N6O6P. The summed E-state index contributed by atoms with van der Waals surface area (Å²) >= 11 is 0. The van der Waals surface area contributed by atoms with E-state index in [1.807, 2.05) is 6.92 Å². The molecule has 4 rings (SSSR count). The van der Waals surface area contributed by atoms with Crippen molar-refractivity contribution in [2.24, 2.45) is 5.92 Å². The zero-order valence-corrected chi connectivity index (χ0v) is 17.1. The number of ether oxygens (including phenoxy) is 2. The van der Waals surface area contributed by atoms with Crippen LogP contribution in [-0.4, -0.2) is 57.0 Å². The minimum atomic E-state index is -3.71. The highest BCUT2D eigenvalue weighted by Crippen LogP contribution is 2.55. The fourth-order valence-corrected chi connectivity index (χ4v) is 5.34. The number of carbonyl (C=O) groups excluding carboxylic acids is 1. The average Bonchev–Trinajstić information content (AvgIpc) is 3.24. The van der Waals surface area contributed by atoms with Gasteiger partial charge < -0.3 is 15.2 Å². The second-order valence-electron chi connectivity index (χ2n) is 6.98. The summed E-state index contributed by atoms with van der Waals surface area (Å²) in [5, 5.41) is 6.82. The molecule has 2 fully saturated rings. The van der Waals surface area contributed by atoms with Crippen LogP contribution in [0.4, 0.5) is 5.82 Å². The van der Waals surface area contributed by atoms with E-state index >= 15 is 0 Å². The normalized spacial score (nSPS) is 32.8. The predicted octanol–water partition coefficient (Wildman–Crippen LogP) is 0.847. The average molecular weight is 426 g/mol. The predicted molar refractivity (Wildman–Crippen MR) is 99.6 cm³/mol. The van der Waals surface area contributed by atoms with Gasteiger partial charge in [-0.25, -0.2) is 24.1 Å². The number of carbonyl (C=O) groups is 1. The van der Waals surface area contributed by atoms with E-state index in [2.05, 4.69) is 20.2 Å². The Morgan fingerprint density at radius 2 is 2.31 bits per heavy atom. The van der Waals surface area contributed by atoms with Crippen LogP contribution in [0.25, 0.3) is 5.65 Å². The van der Waals surface area contributed by atoms with Gasteiger partial charge in [0.15, 0.2) is 11.5 Å². The highest BCUT2D eigenvalue weighted by atomic mass is 31.2. The van der Waals surface area contributed by atoms with Gasteiger partial charge in [-0.2, -0.15) is 5.10 Å². The van der Waals surface area contributed by atoms with Gasteiger partial charge in [-0.3, -0.25) is 13.8 Å². The summed E-state index contributed by atoms with van der Waals surface area (Å²) in [7, 11) is -3.71. The molecule has 4 heterocycles. The van der Waals surface area contributed by atoms with Crippen molar-refractivity contribution in [2.75, 3.05) is 18.9 Å². The summed E-state index contributed by atoms with van der Waals surface area (Å²) in [5.74, 6) is -0.461. The van der Waals surface area contributed by atoms with E-state index in [0.717, 1.165) is 0 Å². The van der Waals surface area contributed by atoms with Gasteiger partial charge >= 0.3 is 13.7 Å².